The van der Waals surface area contributed by atoms with E-state index in [1.807, 2.05) is 0 Å². The highest BCUT2D eigenvalue weighted by molar-refractivity contribution is 5.36. The lowest BCUT2D eigenvalue weighted by atomic mass is 9.90. The van der Waals surface area contributed by atoms with Crippen molar-refractivity contribution in [3.8, 4) is 0 Å². The van der Waals surface area contributed by atoms with Gasteiger partial charge < -0.3 is 0 Å². The summed E-state index contributed by atoms with van der Waals surface area (Å²) in [7, 11) is 0. The molecule has 1 aromatic carbocycles. The van der Waals surface area contributed by atoms with Crippen LogP contribution >= 0.6 is 0 Å². The fourth-order valence-corrected chi connectivity index (χ4v) is 6.50. The first-order valence-electron chi connectivity index (χ1n) is 18.9. The van der Waals surface area contributed by atoms with E-state index in [9.17, 15) is 0 Å². The second-order valence-corrected chi connectivity index (χ2v) is 13.1. The van der Waals surface area contributed by atoms with Gasteiger partial charge in [0.15, 0.2) is 0 Å². The molecule has 0 heteroatoms. The standard InChI is InChI=1S/C40H74/c1-4-7-10-12-14-16-18-20-22-24-26-28-30-33-38-35-32-36-39(40(38)37-9-6-3)34-31-29-27-25-23-21-19-17-15-13-11-8-5-2/h32,35-36H,4-31,33-34,37H2,1-3H3. The molecule has 0 heterocycles. The Morgan fingerprint density at radius 3 is 0.875 bits per heavy atom. The lowest BCUT2D eigenvalue weighted by Gasteiger charge is -2.15. The first kappa shape index (κ1) is 37.2. The molecule has 0 saturated heterocycles. The summed E-state index contributed by atoms with van der Waals surface area (Å²) < 4.78 is 0. The van der Waals surface area contributed by atoms with Crippen LogP contribution in [0, 0.1) is 0 Å². The number of hydrogen-bond acceptors (Lipinski definition) is 0. The van der Waals surface area contributed by atoms with Crippen molar-refractivity contribution in [3.63, 3.8) is 0 Å². The third-order valence-electron chi connectivity index (χ3n) is 9.25. The van der Waals surface area contributed by atoms with Gasteiger partial charge in [-0.1, -0.05) is 199 Å². The largest absolute Gasteiger partial charge is 0.0654 e. The van der Waals surface area contributed by atoms with Crippen molar-refractivity contribution in [3.05, 3.63) is 34.9 Å². The van der Waals surface area contributed by atoms with E-state index in [0.29, 0.717) is 0 Å². The molecule has 1 aromatic rings. The smallest absolute Gasteiger partial charge is 0.0274 e. The first-order valence-corrected chi connectivity index (χ1v) is 18.9. The summed E-state index contributed by atoms with van der Waals surface area (Å²) >= 11 is 0. The number of benzene rings is 1. The van der Waals surface area contributed by atoms with Gasteiger partial charge in [0.25, 0.3) is 0 Å². The zero-order valence-electron chi connectivity index (χ0n) is 28.2. The van der Waals surface area contributed by atoms with Gasteiger partial charge in [0, 0.05) is 0 Å². The van der Waals surface area contributed by atoms with Crippen molar-refractivity contribution >= 4 is 0 Å². The highest BCUT2D eigenvalue weighted by atomic mass is 14.1. The zero-order chi connectivity index (χ0) is 28.8. The number of hydrogen-bond donors (Lipinski definition) is 0. The van der Waals surface area contributed by atoms with Crippen molar-refractivity contribution in [2.45, 2.75) is 220 Å². The highest BCUT2D eigenvalue weighted by Gasteiger charge is 2.08. The summed E-state index contributed by atoms with van der Waals surface area (Å²) in [5.41, 5.74) is 5.11. The molecule has 40 heavy (non-hydrogen) atoms. The van der Waals surface area contributed by atoms with E-state index in [1.165, 1.54) is 199 Å². The minimum absolute atomic E-state index is 1.30. The average molecular weight is 555 g/mol. The highest BCUT2D eigenvalue weighted by Crippen LogP contribution is 2.23. The van der Waals surface area contributed by atoms with Crippen LogP contribution in [0.25, 0.3) is 0 Å². The molecule has 0 aliphatic heterocycles. The van der Waals surface area contributed by atoms with Crippen LogP contribution in [0.15, 0.2) is 18.2 Å². The molecule has 0 spiro atoms. The number of unbranched alkanes of at least 4 members (excludes halogenated alkanes) is 25. The van der Waals surface area contributed by atoms with Crippen LogP contribution in [-0.2, 0) is 19.3 Å². The van der Waals surface area contributed by atoms with Gasteiger partial charge >= 0.3 is 0 Å². The second-order valence-electron chi connectivity index (χ2n) is 13.1. The molecule has 0 radical (unpaired) electrons. The second kappa shape index (κ2) is 29.7. The molecule has 0 amide bonds. The van der Waals surface area contributed by atoms with Gasteiger partial charge in [-0.2, -0.15) is 0 Å². The number of rotatable bonds is 31. The SMILES string of the molecule is CCCCCCCCCCCCCCCc1cccc(CCCCCCCCCCCCCCC)c1CCCC. The van der Waals surface area contributed by atoms with Gasteiger partial charge in [0.2, 0.25) is 0 Å². The van der Waals surface area contributed by atoms with Crippen LogP contribution in [0.1, 0.15) is 217 Å². The minimum Gasteiger partial charge on any atom is -0.0654 e. The first-order chi connectivity index (χ1) is 19.8. The molecule has 0 fully saturated rings. The molecular formula is C40H74. The van der Waals surface area contributed by atoms with Crippen LogP contribution in [0.2, 0.25) is 0 Å². The van der Waals surface area contributed by atoms with Crippen LogP contribution in [-0.4, -0.2) is 0 Å². The van der Waals surface area contributed by atoms with Crippen LogP contribution in [0.3, 0.4) is 0 Å². The third-order valence-corrected chi connectivity index (χ3v) is 9.25. The van der Waals surface area contributed by atoms with Gasteiger partial charge in [0.05, 0.1) is 0 Å². The van der Waals surface area contributed by atoms with E-state index >= 15 is 0 Å². The maximum Gasteiger partial charge on any atom is -0.0274 e. The van der Waals surface area contributed by atoms with Gasteiger partial charge in [-0.05, 0) is 55.2 Å². The monoisotopic (exact) mass is 555 g/mol. The quantitative estimate of drug-likeness (QED) is 0.0800. The lowest BCUT2D eigenvalue weighted by Crippen LogP contribution is -2.02. The number of aryl methyl sites for hydroxylation is 2. The maximum absolute atomic E-state index is 2.46. The Labute approximate surface area is 254 Å². The molecule has 0 aliphatic rings. The van der Waals surface area contributed by atoms with Crippen LogP contribution < -0.4 is 0 Å². The van der Waals surface area contributed by atoms with Crippen molar-refractivity contribution in [1.82, 2.24) is 0 Å². The Kier molecular flexibility index (Phi) is 27.7. The van der Waals surface area contributed by atoms with E-state index in [0.717, 1.165) is 0 Å². The Morgan fingerprint density at radius 2 is 0.575 bits per heavy atom. The topological polar surface area (TPSA) is 0 Å². The summed E-state index contributed by atoms with van der Waals surface area (Å²) in [6, 6.07) is 7.28. The van der Waals surface area contributed by atoms with Crippen molar-refractivity contribution in [2.75, 3.05) is 0 Å². The Balaban J connectivity index is 2.16. The Hall–Kier alpha value is -0.780. The lowest BCUT2D eigenvalue weighted by molar-refractivity contribution is 0.538. The van der Waals surface area contributed by atoms with E-state index in [2.05, 4.69) is 39.0 Å². The fraction of sp³-hybridized carbons (Fsp3) is 0.850. The van der Waals surface area contributed by atoms with Crippen molar-refractivity contribution in [1.29, 1.82) is 0 Å². The average Bonchev–Trinajstić information content (AvgIpc) is 2.97. The molecule has 234 valence electrons. The van der Waals surface area contributed by atoms with Crippen molar-refractivity contribution < 1.29 is 0 Å². The van der Waals surface area contributed by atoms with Crippen LogP contribution in [0.4, 0.5) is 0 Å². The van der Waals surface area contributed by atoms with E-state index in [4.69, 9.17) is 0 Å². The predicted octanol–water partition coefficient (Wildman–Crippen LogP) is 14.3. The molecule has 0 saturated carbocycles. The third kappa shape index (κ3) is 21.9. The summed E-state index contributed by atoms with van der Waals surface area (Å²) in [6.45, 7) is 6.97. The molecule has 0 aromatic heterocycles. The molecule has 0 atom stereocenters. The van der Waals surface area contributed by atoms with Gasteiger partial charge in [-0.3, -0.25) is 0 Å². The van der Waals surface area contributed by atoms with E-state index in [1.54, 1.807) is 16.7 Å². The summed E-state index contributed by atoms with van der Waals surface area (Å²) in [5.74, 6) is 0. The van der Waals surface area contributed by atoms with Gasteiger partial charge in [-0.15, -0.1) is 0 Å². The normalized spacial score (nSPS) is 11.5. The minimum atomic E-state index is 1.30. The molecule has 0 bridgehead atoms. The van der Waals surface area contributed by atoms with E-state index in [-0.39, 0.29) is 0 Å². The van der Waals surface area contributed by atoms with E-state index < -0.39 is 0 Å². The molecule has 0 N–H and O–H groups in total. The van der Waals surface area contributed by atoms with Gasteiger partial charge in [-0.25, -0.2) is 0 Å². The van der Waals surface area contributed by atoms with Gasteiger partial charge in [0.1, 0.15) is 0 Å². The predicted molar refractivity (Wildman–Crippen MR) is 184 cm³/mol. The molecule has 0 aliphatic carbocycles. The molecule has 0 unspecified atom stereocenters. The maximum atomic E-state index is 2.46. The van der Waals surface area contributed by atoms with Crippen LogP contribution in [0.5, 0.6) is 0 Å². The molecule has 0 nitrogen and oxygen atoms in total. The summed E-state index contributed by atoms with van der Waals surface area (Å²) in [4.78, 5) is 0. The molecular weight excluding hydrogens is 480 g/mol. The summed E-state index contributed by atoms with van der Waals surface area (Å²) in [5, 5.41) is 0. The zero-order valence-corrected chi connectivity index (χ0v) is 28.2. The van der Waals surface area contributed by atoms with Crippen molar-refractivity contribution in [2.24, 2.45) is 0 Å². The summed E-state index contributed by atoms with van der Waals surface area (Å²) in [6.07, 6.45) is 44.1. The Morgan fingerprint density at radius 1 is 0.300 bits per heavy atom. The Bertz CT molecular complexity index is 581. The molecule has 1 rings (SSSR count). The fourth-order valence-electron chi connectivity index (χ4n) is 6.50.